The monoisotopic (exact) mass is 394 g/mol. The van der Waals surface area contributed by atoms with Gasteiger partial charge < -0.3 is 29.5 Å². The van der Waals surface area contributed by atoms with E-state index >= 15 is 0 Å². The van der Waals surface area contributed by atoms with Gasteiger partial charge in [-0.3, -0.25) is 4.79 Å². The first-order chi connectivity index (χ1) is 13.4. The second-order valence-corrected chi connectivity index (χ2v) is 7.34. The molecule has 1 aromatic carbocycles. The van der Waals surface area contributed by atoms with Crippen LogP contribution in [-0.2, 0) is 4.74 Å². The summed E-state index contributed by atoms with van der Waals surface area (Å²) in [6.07, 6.45) is 1.27. The third-order valence-corrected chi connectivity index (χ3v) is 4.94. The van der Waals surface area contributed by atoms with Gasteiger partial charge in [-0.05, 0) is 51.8 Å². The Morgan fingerprint density at radius 1 is 1.29 bits per heavy atom. The van der Waals surface area contributed by atoms with Crippen LogP contribution in [0.2, 0.25) is 0 Å². The van der Waals surface area contributed by atoms with Crippen LogP contribution in [0.5, 0.6) is 11.5 Å². The molecule has 1 aliphatic heterocycles. The number of nitrogens with one attached hydrogen (secondary N) is 1. The molecule has 1 aliphatic rings. The number of carbonyl (C=O) groups excluding carboxylic acids is 1. The van der Waals surface area contributed by atoms with Crippen LogP contribution in [-0.4, -0.2) is 74.1 Å². The summed E-state index contributed by atoms with van der Waals surface area (Å²) in [6, 6.07) is 5.68. The van der Waals surface area contributed by atoms with E-state index in [1.54, 1.807) is 25.3 Å². The van der Waals surface area contributed by atoms with E-state index in [4.69, 9.17) is 14.2 Å². The van der Waals surface area contributed by atoms with Gasteiger partial charge in [0, 0.05) is 37.8 Å². The van der Waals surface area contributed by atoms with Gasteiger partial charge in [0.1, 0.15) is 6.10 Å². The van der Waals surface area contributed by atoms with Crippen molar-refractivity contribution >= 4 is 5.91 Å². The van der Waals surface area contributed by atoms with Crippen molar-refractivity contribution in [2.75, 3.05) is 40.0 Å². The number of nitrogens with zero attached hydrogens (tertiary/aromatic N) is 1. The van der Waals surface area contributed by atoms with E-state index in [0.717, 1.165) is 25.9 Å². The van der Waals surface area contributed by atoms with Crippen LogP contribution < -0.4 is 14.8 Å². The van der Waals surface area contributed by atoms with Gasteiger partial charge in [0.25, 0.3) is 5.91 Å². The zero-order chi connectivity index (χ0) is 20.5. The van der Waals surface area contributed by atoms with E-state index in [-0.39, 0.29) is 25.2 Å². The molecule has 1 fully saturated rings. The Bertz CT molecular complexity index is 615. The van der Waals surface area contributed by atoms with Crippen LogP contribution in [0.15, 0.2) is 18.2 Å². The van der Waals surface area contributed by atoms with Crippen molar-refractivity contribution in [3.8, 4) is 11.5 Å². The van der Waals surface area contributed by atoms with Crippen molar-refractivity contribution in [2.24, 2.45) is 0 Å². The van der Waals surface area contributed by atoms with Crippen molar-refractivity contribution in [1.29, 1.82) is 0 Å². The lowest BCUT2D eigenvalue weighted by molar-refractivity contribution is 0.0418. The minimum absolute atomic E-state index is 0.107. The fourth-order valence-electron chi connectivity index (χ4n) is 3.23. The number of ether oxygens (including phenoxy) is 3. The van der Waals surface area contributed by atoms with Crippen LogP contribution in [0, 0.1) is 0 Å². The summed E-state index contributed by atoms with van der Waals surface area (Å²) in [5.41, 5.74) is 0.471. The molecular formula is C21H34N2O5. The van der Waals surface area contributed by atoms with Crippen LogP contribution >= 0.6 is 0 Å². The zero-order valence-corrected chi connectivity index (χ0v) is 17.4. The van der Waals surface area contributed by atoms with Gasteiger partial charge >= 0.3 is 0 Å². The van der Waals surface area contributed by atoms with Crippen molar-refractivity contribution in [3.05, 3.63) is 23.8 Å². The summed E-state index contributed by atoms with van der Waals surface area (Å²) >= 11 is 0. The maximum absolute atomic E-state index is 12.4. The highest BCUT2D eigenvalue weighted by Crippen LogP contribution is 2.31. The molecular weight excluding hydrogens is 360 g/mol. The van der Waals surface area contributed by atoms with E-state index < -0.39 is 6.10 Å². The Balaban J connectivity index is 1.96. The molecule has 7 heteroatoms. The summed E-state index contributed by atoms with van der Waals surface area (Å²) in [6.45, 7) is 9.13. The van der Waals surface area contributed by atoms with Crippen LogP contribution in [0.25, 0.3) is 0 Å². The second-order valence-electron chi connectivity index (χ2n) is 7.34. The Kier molecular flexibility index (Phi) is 9.02. The van der Waals surface area contributed by atoms with E-state index in [2.05, 4.69) is 24.1 Å². The molecule has 0 radical (unpaired) electrons. The predicted octanol–water partition coefficient (Wildman–Crippen LogP) is 2.07. The minimum atomic E-state index is -0.732. The molecule has 1 saturated heterocycles. The highest BCUT2D eigenvalue weighted by Gasteiger charge is 2.23. The largest absolute Gasteiger partial charge is 0.493 e. The van der Waals surface area contributed by atoms with Crippen LogP contribution in [0.4, 0.5) is 0 Å². The molecule has 0 aromatic heterocycles. The standard InChI is InChI=1S/C21H34N2O5/c1-5-27-14-17(24)13-22-21(25)16-6-7-19(26-4)20(12-16)28-18-8-10-23(11-9-18)15(2)3/h6-7,12,15,17-18,24H,5,8-11,13-14H2,1-4H3,(H,22,25). The lowest BCUT2D eigenvalue weighted by atomic mass is 10.1. The third kappa shape index (κ3) is 6.65. The first kappa shape index (κ1) is 22.5. The number of aliphatic hydroxyl groups excluding tert-OH is 1. The topological polar surface area (TPSA) is 80.3 Å². The summed E-state index contributed by atoms with van der Waals surface area (Å²) in [7, 11) is 1.59. The number of hydrogen-bond donors (Lipinski definition) is 2. The summed E-state index contributed by atoms with van der Waals surface area (Å²) in [5, 5.41) is 12.5. The van der Waals surface area contributed by atoms with Gasteiger partial charge in [-0.1, -0.05) is 0 Å². The normalized spacial score (nSPS) is 16.8. The molecule has 1 aromatic rings. The average molecular weight is 395 g/mol. The van der Waals surface area contributed by atoms with Gasteiger partial charge in [0.15, 0.2) is 11.5 Å². The fraction of sp³-hybridized carbons (Fsp3) is 0.667. The predicted molar refractivity (Wildman–Crippen MR) is 108 cm³/mol. The number of piperidine rings is 1. The van der Waals surface area contributed by atoms with Crippen LogP contribution in [0.3, 0.4) is 0 Å². The SMILES string of the molecule is CCOCC(O)CNC(=O)c1ccc(OC)c(OC2CCN(C(C)C)CC2)c1. The molecule has 28 heavy (non-hydrogen) atoms. The fourth-order valence-corrected chi connectivity index (χ4v) is 3.23. The number of carbonyl (C=O) groups is 1. The smallest absolute Gasteiger partial charge is 0.251 e. The van der Waals surface area contributed by atoms with Crippen molar-refractivity contribution < 1.29 is 24.1 Å². The van der Waals surface area contributed by atoms with Gasteiger partial charge in [0.2, 0.25) is 0 Å². The second kappa shape index (κ2) is 11.2. The van der Waals surface area contributed by atoms with E-state index in [1.807, 2.05) is 6.92 Å². The number of benzene rings is 1. The van der Waals surface area contributed by atoms with Crippen molar-refractivity contribution in [1.82, 2.24) is 10.2 Å². The Hall–Kier alpha value is -1.83. The summed E-state index contributed by atoms with van der Waals surface area (Å²) in [4.78, 5) is 14.9. The zero-order valence-electron chi connectivity index (χ0n) is 17.4. The number of hydrogen-bond acceptors (Lipinski definition) is 6. The first-order valence-electron chi connectivity index (χ1n) is 10.1. The number of likely N-dealkylation sites (tertiary alicyclic amines) is 1. The molecule has 1 unspecified atom stereocenters. The van der Waals surface area contributed by atoms with Gasteiger partial charge in [0.05, 0.1) is 19.8 Å². The number of amides is 1. The van der Waals surface area contributed by atoms with Gasteiger partial charge in [-0.15, -0.1) is 0 Å². The molecule has 1 atom stereocenters. The van der Waals surface area contributed by atoms with Crippen molar-refractivity contribution in [2.45, 2.75) is 51.9 Å². The Morgan fingerprint density at radius 3 is 2.61 bits per heavy atom. The molecule has 158 valence electrons. The maximum Gasteiger partial charge on any atom is 0.251 e. The molecule has 0 aliphatic carbocycles. The van der Waals surface area contributed by atoms with Crippen molar-refractivity contribution in [3.63, 3.8) is 0 Å². The molecule has 0 bridgehead atoms. The van der Waals surface area contributed by atoms with Crippen LogP contribution in [0.1, 0.15) is 44.0 Å². The number of rotatable bonds is 10. The Labute approximate surface area is 168 Å². The molecule has 1 amide bonds. The van der Waals surface area contributed by atoms with Gasteiger partial charge in [-0.25, -0.2) is 0 Å². The first-order valence-corrected chi connectivity index (χ1v) is 10.1. The molecule has 2 N–H and O–H groups in total. The third-order valence-electron chi connectivity index (χ3n) is 4.94. The molecule has 0 spiro atoms. The highest BCUT2D eigenvalue weighted by atomic mass is 16.5. The molecule has 2 rings (SSSR count). The summed E-state index contributed by atoms with van der Waals surface area (Å²) < 4.78 is 16.7. The van der Waals surface area contributed by atoms with Gasteiger partial charge in [-0.2, -0.15) is 0 Å². The maximum atomic E-state index is 12.4. The van der Waals surface area contributed by atoms with E-state index in [0.29, 0.717) is 29.7 Å². The minimum Gasteiger partial charge on any atom is -0.493 e. The lowest BCUT2D eigenvalue weighted by Crippen LogP contribution is -2.41. The average Bonchev–Trinajstić information content (AvgIpc) is 2.70. The van der Waals surface area contributed by atoms with E-state index in [1.165, 1.54) is 0 Å². The lowest BCUT2D eigenvalue weighted by Gasteiger charge is -2.34. The quantitative estimate of drug-likeness (QED) is 0.632. The number of methoxy groups -OCH3 is 1. The van der Waals surface area contributed by atoms with E-state index in [9.17, 15) is 9.90 Å². The molecule has 7 nitrogen and oxygen atoms in total. The molecule has 0 saturated carbocycles. The summed E-state index contributed by atoms with van der Waals surface area (Å²) in [5.74, 6) is 0.921. The Morgan fingerprint density at radius 2 is 2.00 bits per heavy atom. The molecule has 1 heterocycles. The number of aliphatic hydroxyl groups is 1. The highest BCUT2D eigenvalue weighted by molar-refractivity contribution is 5.94.